The van der Waals surface area contributed by atoms with E-state index < -0.39 is 11.6 Å². The SMILES string of the molecule is O=C(NCCN1CCOCC1)N(Cc1ccc(F)cc1F)C1CC1. The molecular weight excluding hydrogens is 316 g/mol. The standard InChI is InChI=1S/C17H23F2N3O2/c18-14-2-1-13(16(19)11-14)12-22(15-3-4-15)17(23)20-5-6-21-7-9-24-10-8-21/h1-2,11,15H,3-10,12H2,(H,20,23). The number of hydrogen-bond acceptors (Lipinski definition) is 3. The van der Waals surface area contributed by atoms with Gasteiger partial charge in [0, 0.05) is 43.9 Å². The fraction of sp³-hybridized carbons (Fsp3) is 0.588. The van der Waals surface area contributed by atoms with Gasteiger partial charge in [-0.25, -0.2) is 13.6 Å². The van der Waals surface area contributed by atoms with Crippen molar-refractivity contribution in [3.8, 4) is 0 Å². The third kappa shape index (κ3) is 4.64. The van der Waals surface area contributed by atoms with Crippen molar-refractivity contribution >= 4 is 6.03 Å². The van der Waals surface area contributed by atoms with Crippen LogP contribution in [-0.2, 0) is 11.3 Å². The van der Waals surface area contributed by atoms with Crippen molar-refractivity contribution in [2.75, 3.05) is 39.4 Å². The van der Waals surface area contributed by atoms with Gasteiger partial charge in [-0.2, -0.15) is 0 Å². The van der Waals surface area contributed by atoms with E-state index in [4.69, 9.17) is 4.74 Å². The van der Waals surface area contributed by atoms with Gasteiger partial charge in [-0.1, -0.05) is 6.07 Å². The van der Waals surface area contributed by atoms with E-state index in [9.17, 15) is 13.6 Å². The van der Waals surface area contributed by atoms with Gasteiger partial charge >= 0.3 is 6.03 Å². The zero-order valence-electron chi connectivity index (χ0n) is 13.6. The zero-order chi connectivity index (χ0) is 16.9. The van der Waals surface area contributed by atoms with Crippen LogP contribution in [0.3, 0.4) is 0 Å². The van der Waals surface area contributed by atoms with Crippen LogP contribution < -0.4 is 5.32 Å². The third-order valence-electron chi connectivity index (χ3n) is 4.41. The van der Waals surface area contributed by atoms with Gasteiger partial charge in [0.1, 0.15) is 11.6 Å². The van der Waals surface area contributed by atoms with E-state index in [-0.39, 0.29) is 18.6 Å². The second kappa shape index (κ2) is 7.90. The Balaban J connectivity index is 1.51. The number of nitrogens with one attached hydrogen (secondary N) is 1. The van der Waals surface area contributed by atoms with Gasteiger partial charge in [-0.15, -0.1) is 0 Å². The van der Waals surface area contributed by atoms with Crippen LogP contribution in [0.5, 0.6) is 0 Å². The lowest BCUT2D eigenvalue weighted by molar-refractivity contribution is 0.0385. The molecule has 2 amide bonds. The number of hydrogen-bond donors (Lipinski definition) is 1. The summed E-state index contributed by atoms with van der Waals surface area (Å²) >= 11 is 0. The molecule has 1 saturated heterocycles. The van der Waals surface area contributed by atoms with Gasteiger partial charge in [0.15, 0.2) is 0 Å². The number of carbonyl (C=O) groups is 1. The maximum absolute atomic E-state index is 13.8. The predicted octanol–water partition coefficient (Wildman–Crippen LogP) is 1.97. The molecule has 132 valence electrons. The fourth-order valence-electron chi connectivity index (χ4n) is 2.83. The van der Waals surface area contributed by atoms with Crippen LogP contribution in [-0.4, -0.2) is 61.3 Å². The predicted molar refractivity (Wildman–Crippen MR) is 85.6 cm³/mol. The molecule has 0 bridgehead atoms. The first-order valence-corrected chi connectivity index (χ1v) is 8.42. The molecule has 1 aromatic rings. The minimum atomic E-state index is -0.609. The molecule has 0 spiro atoms. The van der Waals surface area contributed by atoms with Crippen molar-refractivity contribution in [3.63, 3.8) is 0 Å². The summed E-state index contributed by atoms with van der Waals surface area (Å²) in [4.78, 5) is 16.3. The minimum absolute atomic E-state index is 0.151. The maximum Gasteiger partial charge on any atom is 0.317 e. The van der Waals surface area contributed by atoms with Crippen molar-refractivity contribution in [1.82, 2.24) is 15.1 Å². The lowest BCUT2D eigenvalue weighted by Crippen LogP contribution is -2.45. The number of nitrogens with zero attached hydrogens (tertiary/aromatic N) is 2. The van der Waals surface area contributed by atoms with Gasteiger partial charge in [0.05, 0.1) is 19.8 Å². The molecular formula is C17H23F2N3O2. The number of rotatable bonds is 6. The summed E-state index contributed by atoms with van der Waals surface area (Å²) < 4.78 is 32.1. The lowest BCUT2D eigenvalue weighted by atomic mass is 10.2. The van der Waals surface area contributed by atoms with Gasteiger partial charge in [-0.05, 0) is 18.9 Å². The summed E-state index contributed by atoms with van der Waals surface area (Å²) in [5.41, 5.74) is 0.339. The quantitative estimate of drug-likeness (QED) is 0.862. The van der Waals surface area contributed by atoms with E-state index in [0.29, 0.717) is 12.1 Å². The minimum Gasteiger partial charge on any atom is -0.379 e. The Morgan fingerprint density at radius 1 is 1.29 bits per heavy atom. The number of carbonyl (C=O) groups excluding carboxylic acids is 1. The molecule has 1 aromatic carbocycles. The van der Waals surface area contributed by atoms with Crippen LogP contribution >= 0.6 is 0 Å². The largest absolute Gasteiger partial charge is 0.379 e. The van der Waals surface area contributed by atoms with Gasteiger partial charge in [0.2, 0.25) is 0 Å². The first-order chi connectivity index (χ1) is 11.6. The summed E-state index contributed by atoms with van der Waals surface area (Å²) in [5, 5.41) is 2.91. The van der Waals surface area contributed by atoms with Crippen molar-refractivity contribution in [2.45, 2.75) is 25.4 Å². The van der Waals surface area contributed by atoms with Crippen LogP contribution in [0.25, 0.3) is 0 Å². The van der Waals surface area contributed by atoms with E-state index in [1.807, 2.05) is 0 Å². The average Bonchev–Trinajstić information content (AvgIpc) is 3.40. The molecule has 2 aliphatic rings. The van der Waals surface area contributed by atoms with Gasteiger partial charge in [0.25, 0.3) is 0 Å². The number of urea groups is 1. The summed E-state index contributed by atoms with van der Waals surface area (Å²) in [6.45, 7) is 4.70. The van der Waals surface area contributed by atoms with Gasteiger partial charge in [-0.3, -0.25) is 4.90 Å². The van der Waals surface area contributed by atoms with Crippen molar-refractivity contribution in [1.29, 1.82) is 0 Å². The number of amides is 2. The average molecular weight is 339 g/mol. The van der Waals surface area contributed by atoms with Crippen LogP contribution in [0.1, 0.15) is 18.4 Å². The number of halogens is 2. The number of morpholine rings is 1. The first kappa shape index (κ1) is 17.1. The topological polar surface area (TPSA) is 44.8 Å². The van der Waals surface area contributed by atoms with E-state index in [1.165, 1.54) is 12.1 Å². The highest BCUT2D eigenvalue weighted by molar-refractivity contribution is 5.75. The van der Waals surface area contributed by atoms with Crippen LogP contribution in [0, 0.1) is 11.6 Å². The molecule has 1 aliphatic heterocycles. The first-order valence-electron chi connectivity index (χ1n) is 8.42. The molecule has 5 nitrogen and oxygen atoms in total. The monoisotopic (exact) mass is 339 g/mol. The normalized spacial score (nSPS) is 18.4. The summed E-state index contributed by atoms with van der Waals surface area (Å²) in [7, 11) is 0. The van der Waals surface area contributed by atoms with Crippen molar-refractivity contribution in [2.24, 2.45) is 0 Å². The highest BCUT2D eigenvalue weighted by atomic mass is 19.1. The number of ether oxygens (including phenoxy) is 1. The lowest BCUT2D eigenvalue weighted by Gasteiger charge is -2.28. The molecule has 24 heavy (non-hydrogen) atoms. The summed E-state index contributed by atoms with van der Waals surface area (Å²) in [6, 6.07) is 3.45. The molecule has 1 saturated carbocycles. The summed E-state index contributed by atoms with van der Waals surface area (Å²) in [5.74, 6) is -1.22. The molecule has 0 unspecified atom stereocenters. The molecule has 7 heteroatoms. The fourth-order valence-corrected chi connectivity index (χ4v) is 2.83. The van der Waals surface area contributed by atoms with Crippen LogP contribution in [0.4, 0.5) is 13.6 Å². The molecule has 2 fully saturated rings. The molecule has 0 aromatic heterocycles. The van der Waals surface area contributed by atoms with E-state index in [2.05, 4.69) is 10.2 Å². The smallest absolute Gasteiger partial charge is 0.317 e. The molecule has 1 aliphatic carbocycles. The molecule has 0 radical (unpaired) electrons. The Morgan fingerprint density at radius 2 is 2.04 bits per heavy atom. The van der Waals surface area contributed by atoms with Crippen LogP contribution in [0.2, 0.25) is 0 Å². The number of benzene rings is 1. The molecule has 0 atom stereocenters. The Morgan fingerprint density at radius 3 is 2.71 bits per heavy atom. The molecule has 1 heterocycles. The Bertz CT molecular complexity index is 575. The third-order valence-corrected chi connectivity index (χ3v) is 4.41. The van der Waals surface area contributed by atoms with Crippen molar-refractivity contribution in [3.05, 3.63) is 35.4 Å². The maximum atomic E-state index is 13.8. The zero-order valence-corrected chi connectivity index (χ0v) is 13.6. The molecule has 3 rings (SSSR count). The van der Waals surface area contributed by atoms with E-state index >= 15 is 0 Å². The molecule has 1 N–H and O–H groups in total. The van der Waals surface area contributed by atoms with E-state index in [0.717, 1.165) is 51.8 Å². The van der Waals surface area contributed by atoms with Crippen LogP contribution in [0.15, 0.2) is 18.2 Å². The highest BCUT2D eigenvalue weighted by Gasteiger charge is 2.33. The Kier molecular flexibility index (Phi) is 5.63. The highest BCUT2D eigenvalue weighted by Crippen LogP contribution is 2.28. The second-order valence-electron chi connectivity index (χ2n) is 6.28. The van der Waals surface area contributed by atoms with Crippen molar-refractivity contribution < 1.29 is 18.3 Å². The van der Waals surface area contributed by atoms with E-state index in [1.54, 1.807) is 4.90 Å². The summed E-state index contributed by atoms with van der Waals surface area (Å²) in [6.07, 6.45) is 1.86. The van der Waals surface area contributed by atoms with Gasteiger partial charge < -0.3 is 15.0 Å². The Labute approximate surface area is 140 Å². The second-order valence-corrected chi connectivity index (χ2v) is 6.28. The Hall–Kier alpha value is -1.73.